The van der Waals surface area contributed by atoms with Gasteiger partial charge in [0.1, 0.15) is 17.2 Å². The van der Waals surface area contributed by atoms with Crippen molar-refractivity contribution in [1.29, 1.82) is 0 Å². The van der Waals surface area contributed by atoms with Gasteiger partial charge in [0.2, 0.25) is 5.91 Å². The number of ether oxygens (including phenoxy) is 3. The second-order valence-electron chi connectivity index (χ2n) is 7.74. The van der Waals surface area contributed by atoms with Gasteiger partial charge in [-0.3, -0.25) is 14.4 Å². The Labute approximate surface area is 198 Å². The molecule has 0 unspecified atom stereocenters. The monoisotopic (exact) mass is 461 g/mol. The molecule has 0 aliphatic rings. The summed E-state index contributed by atoms with van der Waals surface area (Å²) >= 11 is 0. The Balaban J connectivity index is 1.41. The minimum Gasteiger partial charge on any atom is -0.497 e. The fourth-order valence-corrected chi connectivity index (χ4v) is 3.06. The van der Waals surface area contributed by atoms with Crippen molar-refractivity contribution in [2.24, 2.45) is 0 Å². The molecule has 0 spiro atoms. The molecule has 0 heterocycles. The van der Waals surface area contributed by atoms with Crippen molar-refractivity contribution < 1.29 is 28.6 Å². The van der Waals surface area contributed by atoms with Gasteiger partial charge in [0.25, 0.3) is 0 Å². The number of nitrogens with one attached hydrogen (secondary N) is 1. The average molecular weight is 462 g/mol. The Morgan fingerprint density at radius 2 is 1.53 bits per heavy atom. The van der Waals surface area contributed by atoms with Gasteiger partial charge in [-0.2, -0.15) is 0 Å². The van der Waals surface area contributed by atoms with E-state index < -0.39 is 12.6 Å². The van der Waals surface area contributed by atoms with E-state index in [0.29, 0.717) is 22.7 Å². The summed E-state index contributed by atoms with van der Waals surface area (Å²) in [6, 6.07) is 19.4. The number of methoxy groups -OCH3 is 1. The van der Waals surface area contributed by atoms with Crippen LogP contribution in [0.2, 0.25) is 0 Å². The lowest BCUT2D eigenvalue weighted by Crippen LogP contribution is -2.17. The Kier molecular flexibility index (Phi) is 8.40. The van der Waals surface area contributed by atoms with Gasteiger partial charge in [0.15, 0.2) is 12.4 Å². The van der Waals surface area contributed by atoms with Crippen molar-refractivity contribution in [3.8, 4) is 17.2 Å². The van der Waals surface area contributed by atoms with Crippen molar-refractivity contribution in [3.05, 3.63) is 83.4 Å². The van der Waals surface area contributed by atoms with Crippen molar-refractivity contribution >= 4 is 23.3 Å². The molecule has 3 aromatic carbocycles. The van der Waals surface area contributed by atoms with Gasteiger partial charge in [-0.1, -0.05) is 18.2 Å². The first-order chi connectivity index (χ1) is 16.3. The van der Waals surface area contributed by atoms with Gasteiger partial charge in [0.05, 0.1) is 13.5 Å². The zero-order valence-electron chi connectivity index (χ0n) is 19.4. The number of amides is 1. The number of ketones is 1. The number of hydrogen-bond donors (Lipinski definition) is 1. The van der Waals surface area contributed by atoms with Crippen LogP contribution in [0.1, 0.15) is 34.3 Å². The number of esters is 1. The van der Waals surface area contributed by atoms with Crippen LogP contribution in [0.15, 0.2) is 66.7 Å². The van der Waals surface area contributed by atoms with E-state index in [1.807, 2.05) is 32.0 Å². The topological polar surface area (TPSA) is 90.9 Å². The lowest BCUT2D eigenvalue weighted by molar-refractivity contribution is -0.143. The minimum atomic E-state index is -0.622. The molecular weight excluding hydrogens is 434 g/mol. The molecule has 0 aliphatic heterocycles. The fraction of sp³-hybridized carbons (Fsp3) is 0.222. The first kappa shape index (κ1) is 24.5. The molecule has 3 aromatic rings. The van der Waals surface area contributed by atoms with E-state index in [1.165, 1.54) is 12.7 Å². The van der Waals surface area contributed by atoms with Gasteiger partial charge >= 0.3 is 5.97 Å². The number of aryl methyl sites for hydroxylation is 2. The maximum absolute atomic E-state index is 12.2. The second kappa shape index (κ2) is 11.7. The highest BCUT2D eigenvalue weighted by molar-refractivity contribution is 5.98. The Morgan fingerprint density at radius 1 is 0.794 bits per heavy atom. The summed E-state index contributed by atoms with van der Waals surface area (Å²) in [5.74, 6) is 0.620. The molecule has 0 atom stereocenters. The van der Waals surface area contributed by atoms with Crippen LogP contribution in [0.25, 0.3) is 0 Å². The van der Waals surface area contributed by atoms with E-state index in [1.54, 1.807) is 48.5 Å². The summed E-state index contributed by atoms with van der Waals surface area (Å²) < 4.78 is 15.9. The highest BCUT2D eigenvalue weighted by Crippen LogP contribution is 2.25. The van der Waals surface area contributed by atoms with Gasteiger partial charge in [0, 0.05) is 17.7 Å². The number of carbonyl (C=O) groups is 3. The summed E-state index contributed by atoms with van der Waals surface area (Å²) in [5.41, 5.74) is 3.30. The first-order valence-corrected chi connectivity index (χ1v) is 10.8. The number of carbonyl (C=O) groups excluding carboxylic acids is 3. The van der Waals surface area contributed by atoms with Crippen molar-refractivity contribution in [2.45, 2.75) is 26.7 Å². The third-order valence-electron chi connectivity index (χ3n) is 5.16. The van der Waals surface area contributed by atoms with Crippen LogP contribution in [-0.2, 0) is 14.3 Å². The van der Waals surface area contributed by atoms with Crippen LogP contribution < -0.4 is 14.8 Å². The van der Waals surface area contributed by atoms with E-state index in [9.17, 15) is 14.4 Å². The molecule has 0 aliphatic carbocycles. The molecule has 176 valence electrons. The first-order valence-electron chi connectivity index (χ1n) is 10.8. The van der Waals surface area contributed by atoms with Gasteiger partial charge in [-0.05, 0) is 73.5 Å². The van der Waals surface area contributed by atoms with Crippen molar-refractivity contribution in [1.82, 2.24) is 0 Å². The number of Topliss-reactive ketones (excluding diaryl/α,β-unsaturated/α-hetero) is 1. The van der Waals surface area contributed by atoms with Gasteiger partial charge in [-0.25, -0.2) is 0 Å². The highest BCUT2D eigenvalue weighted by Gasteiger charge is 2.13. The summed E-state index contributed by atoms with van der Waals surface area (Å²) in [5, 5.41) is 2.73. The maximum Gasteiger partial charge on any atom is 0.306 e. The lowest BCUT2D eigenvalue weighted by Gasteiger charge is -2.09. The normalized spacial score (nSPS) is 10.3. The molecule has 1 N–H and O–H groups in total. The molecule has 0 saturated carbocycles. The molecule has 0 radical (unpaired) electrons. The van der Waals surface area contributed by atoms with E-state index >= 15 is 0 Å². The molecule has 7 heteroatoms. The lowest BCUT2D eigenvalue weighted by atomic mass is 10.1. The zero-order valence-corrected chi connectivity index (χ0v) is 19.4. The maximum atomic E-state index is 12.2. The predicted molar refractivity (Wildman–Crippen MR) is 129 cm³/mol. The fourth-order valence-electron chi connectivity index (χ4n) is 3.06. The van der Waals surface area contributed by atoms with E-state index in [0.717, 1.165) is 11.3 Å². The smallest absolute Gasteiger partial charge is 0.306 e. The summed E-state index contributed by atoms with van der Waals surface area (Å²) in [7, 11) is 1.50. The number of anilines is 1. The molecule has 34 heavy (non-hydrogen) atoms. The van der Waals surface area contributed by atoms with Gasteiger partial charge < -0.3 is 19.5 Å². The van der Waals surface area contributed by atoms with Crippen LogP contribution in [0.4, 0.5) is 5.69 Å². The quantitative estimate of drug-likeness (QED) is 0.328. The number of hydrogen-bond acceptors (Lipinski definition) is 6. The SMILES string of the molecule is COc1cccc(C(=O)COC(=O)CCC(=O)Nc2ccc(Oc3ccc(C)c(C)c3)cc2)c1. The Bertz CT molecular complexity index is 1170. The molecule has 0 aromatic heterocycles. The van der Waals surface area contributed by atoms with Crippen LogP contribution in [-0.4, -0.2) is 31.4 Å². The van der Waals surface area contributed by atoms with E-state index in [-0.39, 0.29) is 24.5 Å². The molecule has 0 saturated heterocycles. The Morgan fingerprint density at radius 3 is 2.24 bits per heavy atom. The number of rotatable bonds is 10. The third-order valence-corrected chi connectivity index (χ3v) is 5.16. The van der Waals surface area contributed by atoms with Crippen molar-refractivity contribution in [3.63, 3.8) is 0 Å². The molecule has 0 bridgehead atoms. The van der Waals surface area contributed by atoms with Crippen LogP contribution in [0.3, 0.4) is 0 Å². The summed E-state index contributed by atoms with van der Waals surface area (Å²) in [4.78, 5) is 36.2. The highest BCUT2D eigenvalue weighted by atomic mass is 16.5. The van der Waals surface area contributed by atoms with E-state index in [2.05, 4.69) is 5.32 Å². The van der Waals surface area contributed by atoms with Crippen molar-refractivity contribution in [2.75, 3.05) is 19.0 Å². The summed E-state index contributed by atoms with van der Waals surface area (Å²) in [6.07, 6.45) is -0.196. The minimum absolute atomic E-state index is 0.0624. The third kappa shape index (κ3) is 7.20. The predicted octanol–water partition coefficient (Wildman–Crippen LogP) is 5.25. The van der Waals surface area contributed by atoms with Crippen LogP contribution in [0, 0.1) is 13.8 Å². The zero-order chi connectivity index (χ0) is 24.5. The van der Waals surface area contributed by atoms with Gasteiger partial charge in [-0.15, -0.1) is 0 Å². The largest absolute Gasteiger partial charge is 0.497 e. The molecular formula is C27H27NO6. The number of benzene rings is 3. The standard InChI is InChI=1S/C27H27NO6/c1-18-7-10-24(15-19(18)2)34-22-11-8-21(9-12-22)28-26(30)13-14-27(31)33-17-25(29)20-5-4-6-23(16-20)32-3/h4-12,15-16H,13-14,17H2,1-3H3,(H,28,30). The molecule has 0 fully saturated rings. The summed E-state index contributed by atoms with van der Waals surface area (Å²) in [6.45, 7) is 3.67. The average Bonchev–Trinajstić information content (AvgIpc) is 2.84. The molecule has 3 rings (SSSR count). The second-order valence-corrected chi connectivity index (χ2v) is 7.74. The van der Waals surface area contributed by atoms with E-state index in [4.69, 9.17) is 14.2 Å². The molecule has 1 amide bonds. The van der Waals surface area contributed by atoms with Crippen LogP contribution in [0.5, 0.6) is 17.2 Å². The van der Waals surface area contributed by atoms with Crippen LogP contribution >= 0.6 is 0 Å². The molecule has 7 nitrogen and oxygen atoms in total. The Hall–Kier alpha value is -4.13.